The van der Waals surface area contributed by atoms with E-state index in [1.54, 1.807) is 0 Å². The molecule has 5 aromatic rings. The lowest BCUT2D eigenvalue weighted by Crippen LogP contribution is -2.41. The Morgan fingerprint density at radius 1 is 0.462 bits per heavy atom. The molecular formula is C44H48Br2N2O4. The Balaban J connectivity index is 1.29. The number of fused-ring (bicyclic) bond motifs is 2. The lowest BCUT2D eigenvalue weighted by Gasteiger charge is -2.31. The maximum absolute atomic E-state index is 14.1. The largest absolute Gasteiger partial charge is 0.274 e. The average molecular weight is 829 g/mol. The van der Waals surface area contributed by atoms with Crippen LogP contribution in [0.1, 0.15) is 134 Å². The van der Waals surface area contributed by atoms with Gasteiger partial charge in [-0.3, -0.25) is 29.0 Å². The highest BCUT2D eigenvalue weighted by Crippen LogP contribution is 2.50. The average Bonchev–Trinajstić information content (AvgIpc) is 3.09. The molecule has 2 unspecified atom stereocenters. The third kappa shape index (κ3) is 6.25. The number of halogens is 2. The molecule has 0 aromatic heterocycles. The van der Waals surface area contributed by atoms with Crippen LogP contribution in [0.2, 0.25) is 0 Å². The Morgan fingerprint density at radius 2 is 0.827 bits per heavy atom. The quantitative estimate of drug-likeness (QED) is 0.0635. The maximum Gasteiger partial charge on any atom is 0.261 e. The zero-order valence-corrected chi connectivity index (χ0v) is 34.3. The van der Waals surface area contributed by atoms with Crippen molar-refractivity contribution in [3.63, 3.8) is 0 Å². The fourth-order valence-electron chi connectivity index (χ4n) is 8.61. The number of nitrogens with zero attached hydrogens (tertiary/aromatic N) is 2. The normalized spacial score (nSPS) is 16.0. The van der Waals surface area contributed by atoms with E-state index in [0.717, 1.165) is 79.8 Å². The minimum atomic E-state index is -0.267. The van der Waals surface area contributed by atoms with E-state index in [-0.39, 0.29) is 23.6 Å². The molecule has 0 saturated carbocycles. The molecule has 0 spiro atoms. The van der Waals surface area contributed by atoms with Crippen LogP contribution in [0.4, 0.5) is 0 Å². The standard InChI is InChI=1S/C44H48Br2N2O4/c1-23(2)9-7-11-25(5)17-19-47-41(49)29-15-13-27-38-34(46)22-32-36-30(42(50)48(44(32)52)20-18-26(6)12-8-10-24(3)4)16-14-28(40(36)38)37-33(45)21-31(43(47)51)35(29)39(27)37/h13-16,21-26H,7-12,17-20H2,1-6H3. The van der Waals surface area contributed by atoms with Crippen molar-refractivity contribution in [2.75, 3.05) is 13.1 Å². The van der Waals surface area contributed by atoms with Crippen LogP contribution in [-0.2, 0) is 0 Å². The first kappa shape index (κ1) is 37.0. The molecule has 0 fully saturated rings. The lowest BCUT2D eigenvalue weighted by atomic mass is 9.82. The maximum atomic E-state index is 14.1. The zero-order valence-electron chi connectivity index (χ0n) is 31.1. The third-order valence-electron chi connectivity index (χ3n) is 11.6. The van der Waals surface area contributed by atoms with Crippen LogP contribution >= 0.6 is 31.9 Å². The Morgan fingerprint density at radius 3 is 1.19 bits per heavy atom. The SMILES string of the molecule is CC(C)CCCC(C)CCN1C(=O)c2ccc3c4c(Br)cc5c6c(ccc(c7c(Br)cc(c2c37)C1=O)c64)C(=O)N(CCC(C)CCCC(C)C)C5=O. The summed E-state index contributed by atoms with van der Waals surface area (Å²) in [4.78, 5) is 59.2. The van der Waals surface area contributed by atoms with Crippen LogP contribution < -0.4 is 0 Å². The van der Waals surface area contributed by atoms with E-state index in [9.17, 15) is 19.2 Å². The predicted molar refractivity (Wildman–Crippen MR) is 219 cm³/mol. The predicted octanol–water partition coefficient (Wildman–Crippen LogP) is 12.2. The Bertz CT molecular complexity index is 2110. The van der Waals surface area contributed by atoms with Crippen LogP contribution in [0.15, 0.2) is 45.3 Å². The van der Waals surface area contributed by atoms with E-state index in [4.69, 9.17) is 0 Å². The molecule has 2 aliphatic rings. The van der Waals surface area contributed by atoms with E-state index >= 15 is 0 Å². The van der Waals surface area contributed by atoms with Gasteiger partial charge >= 0.3 is 0 Å². The second-order valence-corrected chi connectivity index (χ2v) is 18.1. The summed E-state index contributed by atoms with van der Waals surface area (Å²) >= 11 is 7.68. The molecule has 0 radical (unpaired) electrons. The summed E-state index contributed by atoms with van der Waals surface area (Å²) in [5.74, 6) is 1.10. The number of carbonyl (C=O) groups excluding carboxylic acids is 4. The Labute approximate surface area is 323 Å². The molecule has 2 aliphatic heterocycles. The van der Waals surface area contributed by atoms with E-state index in [2.05, 4.69) is 73.4 Å². The van der Waals surface area contributed by atoms with Crippen molar-refractivity contribution < 1.29 is 19.2 Å². The van der Waals surface area contributed by atoms with Gasteiger partial charge in [-0.1, -0.05) is 124 Å². The first-order chi connectivity index (χ1) is 24.8. The first-order valence-electron chi connectivity index (χ1n) is 19.1. The van der Waals surface area contributed by atoms with Gasteiger partial charge in [-0.05, 0) is 71.6 Å². The van der Waals surface area contributed by atoms with Crippen LogP contribution in [0, 0.1) is 23.7 Å². The van der Waals surface area contributed by atoms with Crippen LogP contribution in [-0.4, -0.2) is 46.5 Å². The number of benzene rings is 5. The molecular weight excluding hydrogens is 780 g/mol. The second-order valence-electron chi connectivity index (χ2n) is 16.3. The number of hydrogen-bond acceptors (Lipinski definition) is 4. The summed E-state index contributed by atoms with van der Waals surface area (Å²) in [7, 11) is 0. The summed E-state index contributed by atoms with van der Waals surface area (Å²) in [6, 6.07) is 11.3. The van der Waals surface area contributed by atoms with Gasteiger partial charge < -0.3 is 0 Å². The van der Waals surface area contributed by atoms with Gasteiger partial charge in [0.2, 0.25) is 0 Å². The van der Waals surface area contributed by atoms with E-state index < -0.39 is 0 Å². The Hall–Kier alpha value is -3.36. The van der Waals surface area contributed by atoms with Crippen molar-refractivity contribution in [1.82, 2.24) is 9.80 Å². The molecule has 272 valence electrons. The van der Waals surface area contributed by atoms with Crippen molar-refractivity contribution in [1.29, 1.82) is 0 Å². The van der Waals surface area contributed by atoms with Crippen molar-refractivity contribution in [3.8, 4) is 0 Å². The molecule has 5 aromatic carbocycles. The molecule has 0 N–H and O–H groups in total. The molecule has 52 heavy (non-hydrogen) atoms. The van der Waals surface area contributed by atoms with Gasteiger partial charge in [0.25, 0.3) is 23.6 Å². The van der Waals surface area contributed by atoms with E-state index in [0.29, 0.717) is 69.8 Å². The molecule has 2 atom stereocenters. The minimum Gasteiger partial charge on any atom is -0.274 e. The smallest absolute Gasteiger partial charge is 0.261 e. The van der Waals surface area contributed by atoms with Gasteiger partial charge in [0.05, 0.1) is 0 Å². The van der Waals surface area contributed by atoms with Crippen molar-refractivity contribution >= 4 is 98.6 Å². The number of hydrogen-bond donors (Lipinski definition) is 0. The fraction of sp³-hybridized carbons (Fsp3) is 0.455. The molecule has 6 nitrogen and oxygen atoms in total. The second kappa shape index (κ2) is 14.5. The van der Waals surface area contributed by atoms with Gasteiger partial charge in [-0.25, -0.2) is 0 Å². The lowest BCUT2D eigenvalue weighted by molar-refractivity contribution is 0.0586. The first-order valence-corrected chi connectivity index (χ1v) is 20.7. The van der Waals surface area contributed by atoms with Gasteiger partial charge in [0.1, 0.15) is 0 Å². The number of rotatable bonds is 14. The van der Waals surface area contributed by atoms with Crippen LogP contribution in [0.5, 0.6) is 0 Å². The number of carbonyl (C=O) groups is 4. The molecule has 2 heterocycles. The van der Waals surface area contributed by atoms with Gasteiger partial charge in [-0.2, -0.15) is 0 Å². The number of amides is 4. The van der Waals surface area contributed by atoms with Crippen molar-refractivity contribution in [3.05, 3.63) is 67.6 Å². The highest BCUT2D eigenvalue weighted by molar-refractivity contribution is 9.11. The van der Waals surface area contributed by atoms with Gasteiger partial charge in [0, 0.05) is 76.6 Å². The Kier molecular flexibility index (Phi) is 10.3. The minimum absolute atomic E-state index is 0.257. The van der Waals surface area contributed by atoms with Crippen molar-refractivity contribution in [2.24, 2.45) is 23.7 Å². The summed E-state index contributed by atoms with van der Waals surface area (Å²) in [5, 5.41) is 6.46. The monoisotopic (exact) mass is 826 g/mol. The molecule has 0 bridgehead atoms. The zero-order chi connectivity index (χ0) is 37.2. The highest BCUT2D eigenvalue weighted by Gasteiger charge is 2.38. The topological polar surface area (TPSA) is 74.8 Å². The summed E-state index contributed by atoms with van der Waals surface area (Å²) < 4.78 is 1.48. The third-order valence-corrected chi connectivity index (χ3v) is 12.8. The summed E-state index contributed by atoms with van der Waals surface area (Å²) in [6.45, 7) is 14.1. The highest BCUT2D eigenvalue weighted by atomic mass is 79.9. The molecule has 8 heteroatoms. The summed E-state index contributed by atoms with van der Waals surface area (Å²) in [5.41, 5.74) is 2.08. The molecule has 4 amide bonds. The fourth-order valence-corrected chi connectivity index (χ4v) is 9.89. The summed E-state index contributed by atoms with van der Waals surface area (Å²) in [6.07, 6.45) is 8.34. The molecule has 7 rings (SSSR count). The van der Waals surface area contributed by atoms with E-state index in [1.165, 1.54) is 22.6 Å². The van der Waals surface area contributed by atoms with Crippen LogP contribution in [0.25, 0.3) is 43.1 Å². The van der Waals surface area contributed by atoms with Crippen LogP contribution in [0.3, 0.4) is 0 Å². The van der Waals surface area contributed by atoms with Gasteiger partial charge in [-0.15, -0.1) is 0 Å². The van der Waals surface area contributed by atoms with Crippen molar-refractivity contribution in [2.45, 2.75) is 92.9 Å². The molecule has 0 aliphatic carbocycles. The van der Waals surface area contributed by atoms with E-state index in [1.807, 2.05) is 36.4 Å². The number of imide groups is 2. The van der Waals surface area contributed by atoms with Gasteiger partial charge in [0.15, 0.2) is 0 Å². The molecule has 0 saturated heterocycles.